The molecule has 0 spiro atoms. The lowest BCUT2D eigenvalue weighted by atomic mass is 9.54. The standard InChI is InChI=1S/C26H28F3N3O7S2/c1-13-12-30-24(40-13)31-21(34)8-3-14-11-20(33)25(2)10-9-16-15-6-7-19(39-41(37,38)26(27,28)29)23(32(35)36)18(15)5-4-17(16)22(14)25/h6-7,12,14,16-17,22H,3-5,8-11H2,1-2H3,(H,30,31,34). The molecule has 1 heterocycles. The Balaban J connectivity index is 1.41. The van der Waals surface area contributed by atoms with Crippen LogP contribution in [0.25, 0.3) is 0 Å². The summed E-state index contributed by atoms with van der Waals surface area (Å²) in [6.07, 6.45) is 4.33. The maximum atomic E-state index is 13.2. The van der Waals surface area contributed by atoms with Gasteiger partial charge in [0.1, 0.15) is 5.78 Å². The Bertz CT molecular complexity index is 1520. The second-order valence-corrected chi connectivity index (χ2v) is 14.0. The number of nitrogens with zero attached hydrogens (tertiary/aromatic N) is 2. The van der Waals surface area contributed by atoms with Gasteiger partial charge >= 0.3 is 21.3 Å². The van der Waals surface area contributed by atoms with Gasteiger partial charge < -0.3 is 9.50 Å². The van der Waals surface area contributed by atoms with Crippen molar-refractivity contribution in [1.82, 2.24) is 4.98 Å². The number of carbonyl (C=O) groups is 2. The first-order valence-electron chi connectivity index (χ1n) is 13.2. The van der Waals surface area contributed by atoms with Crippen LogP contribution in [0.4, 0.5) is 24.0 Å². The molecule has 222 valence electrons. The van der Waals surface area contributed by atoms with E-state index in [0.29, 0.717) is 42.8 Å². The molecule has 5 unspecified atom stereocenters. The number of halogens is 3. The molecule has 1 aromatic heterocycles. The molecule has 1 aromatic carbocycles. The molecule has 41 heavy (non-hydrogen) atoms. The number of anilines is 1. The van der Waals surface area contributed by atoms with Crippen molar-refractivity contribution in [3.8, 4) is 5.75 Å². The van der Waals surface area contributed by atoms with Gasteiger partial charge in [0.2, 0.25) is 11.7 Å². The molecule has 0 radical (unpaired) electrons. The molecule has 2 aromatic rings. The number of hydrogen-bond acceptors (Lipinski definition) is 9. The van der Waals surface area contributed by atoms with E-state index < -0.39 is 37.4 Å². The normalized spacial score (nSPS) is 27.5. The van der Waals surface area contributed by atoms with Crippen LogP contribution in [0, 0.1) is 40.2 Å². The highest BCUT2D eigenvalue weighted by Crippen LogP contribution is 2.63. The molecule has 15 heteroatoms. The summed E-state index contributed by atoms with van der Waals surface area (Å²) >= 11 is 1.37. The zero-order valence-corrected chi connectivity index (χ0v) is 23.8. The Morgan fingerprint density at radius 2 is 2.05 bits per heavy atom. The summed E-state index contributed by atoms with van der Waals surface area (Å²) in [6, 6.07) is 2.33. The summed E-state index contributed by atoms with van der Waals surface area (Å²) in [5, 5.41) is 15.3. The lowest BCUT2D eigenvalue weighted by Gasteiger charge is -2.49. The van der Waals surface area contributed by atoms with Crippen molar-refractivity contribution in [2.45, 2.75) is 70.2 Å². The van der Waals surface area contributed by atoms with Crippen molar-refractivity contribution in [3.63, 3.8) is 0 Å². The third-order valence-electron chi connectivity index (χ3n) is 8.97. The number of rotatable bonds is 7. The van der Waals surface area contributed by atoms with Crippen molar-refractivity contribution < 1.29 is 40.3 Å². The second kappa shape index (κ2) is 10.3. The second-order valence-electron chi connectivity index (χ2n) is 11.3. The van der Waals surface area contributed by atoms with Crippen LogP contribution >= 0.6 is 11.3 Å². The third-order valence-corrected chi connectivity index (χ3v) is 10.8. The lowest BCUT2D eigenvalue weighted by Crippen LogP contribution is -2.44. The Labute approximate surface area is 238 Å². The van der Waals surface area contributed by atoms with Gasteiger partial charge in [0.25, 0.3) is 0 Å². The summed E-state index contributed by atoms with van der Waals surface area (Å²) in [7, 11) is -6.10. The minimum atomic E-state index is -6.10. The molecule has 3 aliphatic rings. The molecule has 0 aliphatic heterocycles. The van der Waals surface area contributed by atoms with E-state index in [0.717, 1.165) is 10.9 Å². The predicted molar refractivity (Wildman–Crippen MR) is 142 cm³/mol. The number of carbonyl (C=O) groups excluding carboxylic acids is 2. The highest BCUT2D eigenvalue weighted by molar-refractivity contribution is 7.88. The lowest BCUT2D eigenvalue weighted by molar-refractivity contribution is -0.386. The molecule has 0 saturated heterocycles. The first-order chi connectivity index (χ1) is 19.1. The van der Waals surface area contributed by atoms with Crippen molar-refractivity contribution in [2.24, 2.45) is 23.2 Å². The number of ketones is 1. The molecular formula is C26H28F3N3O7S2. The Morgan fingerprint density at radius 1 is 1.32 bits per heavy atom. The van der Waals surface area contributed by atoms with Crippen molar-refractivity contribution in [3.05, 3.63) is 44.4 Å². The van der Waals surface area contributed by atoms with E-state index in [1.165, 1.54) is 17.4 Å². The van der Waals surface area contributed by atoms with Gasteiger partial charge in [0.15, 0.2) is 5.13 Å². The number of aryl methyl sites for hydroxylation is 1. The quantitative estimate of drug-likeness (QED) is 0.182. The molecule has 0 bridgehead atoms. The van der Waals surface area contributed by atoms with E-state index in [4.69, 9.17) is 0 Å². The van der Waals surface area contributed by atoms with Crippen LogP contribution in [0.15, 0.2) is 18.3 Å². The number of benzene rings is 1. The number of nitro groups is 1. The fourth-order valence-corrected chi connectivity index (χ4v) is 8.44. The van der Waals surface area contributed by atoms with Gasteiger partial charge in [-0.25, -0.2) is 4.98 Å². The van der Waals surface area contributed by atoms with Gasteiger partial charge in [-0.1, -0.05) is 13.0 Å². The molecule has 1 amide bonds. The van der Waals surface area contributed by atoms with E-state index in [2.05, 4.69) is 14.5 Å². The Morgan fingerprint density at radius 3 is 2.68 bits per heavy atom. The molecular weight excluding hydrogens is 587 g/mol. The molecule has 2 fully saturated rings. The van der Waals surface area contributed by atoms with E-state index in [-0.39, 0.29) is 53.8 Å². The highest BCUT2D eigenvalue weighted by Gasteiger charge is 2.59. The van der Waals surface area contributed by atoms with Gasteiger partial charge in [-0.15, -0.1) is 11.3 Å². The number of hydrogen-bond donors (Lipinski definition) is 1. The van der Waals surface area contributed by atoms with Crippen LogP contribution < -0.4 is 9.50 Å². The van der Waals surface area contributed by atoms with Gasteiger partial charge in [-0.3, -0.25) is 19.7 Å². The van der Waals surface area contributed by atoms with Crippen LogP contribution in [-0.4, -0.2) is 35.5 Å². The molecule has 5 atom stereocenters. The first kappa shape index (κ1) is 29.4. The van der Waals surface area contributed by atoms with Crippen LogP contribution in [0.5, 0.6) is 5.75 Å². The summed E-state index contributed by atoms with van der Waals surface area (Å²) in [5.41, 5.74) is -6.39. The van der Waals surface area contributed by atoms with Gasteiger partial charge in [-0.05, 0) is 74.3 Å². The summed E-state index contributed by atoms with van der Waals surface area (Å²) in [6.45, 7) is 3.83. The predicted octanol–water partition coefficient (Wildman–Crippen LogP) is 5.66. The number of nitro benzene ring substituents is 1. The maximum absolute atomic E-state index is 13.2. The molecule has 2 saturated carbocycles. The number of thiazole rings is 1. The van der Waals surface area contributed by atoms with Crippen molar-refractivity contribution in [1.29, 1.82) is 0 Å². The molecule has 10 nitrogen and oxygen atoms in total. The average molecular weight is 616 g/mol. The fourth-order valence-electron chi connectivity index (χ4n) is 7.30. The van der Waals surface area contributed by atoms with E-state index in [1.807, 2.05) is 13.8 Å². The molecule has 5 rings (SSSR count). The minimum Gasteiger partial charge on any atom is -0.369 e. The number of nitrogens with one attached hydrogen (secondary N) is 1. The zero-order chi connectivity index (χ0) is 29.9. The minimum absolute atomic E-state index is 0.0346. The smallest absolute Gasteiger partial charge is 0.369 e. The SMILES string of the molecule is Cc1cnc(NC(=O)CCC2CC(=O)C3(C)CCC4c5ccc(OS(=O)(=O)C(F)(F)F)c([N+](=O)[O-])c5CCC4C23)s1. The van der Waals surface area contributed by atoms with Gasteiger partial charge in [0.05, 0.1) is 4.92 Å². The van der Waals surface area contributed by atoms with Crippen LogP contribution in [-0.2, 0) is 26.1 Å². The Hall–Kier alpha value is -3.07. The van der Waals surface area contributed by atoms with Gasteiger partial charge in [-0.2, -0.15) is 21.6 Å². The number of amides is 1. The number of aromatic nitrogens is 1. The van der Waals surface area contributed by atoms with Crippen LogP contribution in [0.1, 0.15) is 67.4 Å². The van der Waals surface area contributed by atoms with Gasteiger partial charge in [0, 0.05) is 34.9 Å². The van der Waals surface area contributed by atoms with E-state index >= 15 is 0 Å². The van der Waals surface area contributed by atoms with Crippen molar-refractivity contribution >= 4 is 44.0 Å². The molecule has 3 aliphatic carbocycles. The number of fused-ring (bicyclic) bond motifs is 5. The monoisotopic (exact) mass is 615 g/mol. The highest BCUT2D eigenvalue weighted by atomic mass is 32.2. The topological polar surface area (TPSA) is 146 Å². The zero-order valence-electron chi connectivity index (χ0n) is 22.2. The summed E-state index contributed by atoms with van der Waals surface area (Å²) < 4.78 is 66.2. The van der Waals surface area contributed by atoms with E-state index in [1.54, 1.807) is 6.20 Å². The number of alkyl halides is 3. The van der Waals surface area contributed by atoms with E-state index in [9.17, 15) is 41.3 Å². The summed E-state index contributed by atoms with van der Waals surface area (Å²) in [5.74, 6) is -1.41. The van der Waals surface area contributed by atoms with Crippen LogP contribution in [0.2, 0.25) is 0 Å². The fraction of sp³-hybridized carbons (Fsp3) is 0.577. The number of Topliss-reactive ketones (excluding diaryl/α,β-unsaturated/α-hetero) is 1. The van der Waals surface area contributed by atoms with Crippen LogP contribution in [0.3, 0.4) is 0 Å². The first-order valence-corrected chi connectivity index (χ1v) is 15.4. The molecule has 1 N–H and O–H groups in total. The summed E-state index contributed by atoms with van der Waals surface area (Å²) in [4.78, 5) is 42.0. The van der Waals surface area contributed by atoms with Crippen molar-refractivity contribution in [2.75, 3.05) is 5.32 Å². The Kier molecular flexibility index (Phi) is 7.41. The maximum Gasteiger partial charge on any atom is 0.534 e. The third kappa shape index (κ3) is 5.22. The average Bonchev–Trinajstić information content (AvgIpc) is 3.40. The largest absolute Gasteiger partial charge is 0.534 e.